The van der Waals surface area contributed by atoms with Gasteiger partial charge in [-0.2, -0.15) is 0 Å². The number of aryl methyl sites for hydroxylation is 7. The van der Waals surface area contributed by atoms with Crippen molar-refractivity contribution in [2.75, 3.05) is 9.80 Å². The maximum absolute atomic E-state index is 9.43. The van der Waals surface area contributed by atoms with Crippen molar-refractivity contribution in [1.29, 1.82) is 0 Å². The van der Waals surface area contributed by atoms with Crippen molar-refractivity contribution in [1.82, 2.24) is 4.98 Å². The van der Waals surface area contributed by atoms with Crippen LogP contribution in [0.4, 0.5) is 11.4 Å². The minimum atomic E-state index is -0.818. The summed E-state index contributed by atoms with van der Waals surface area (Å²) >= 11 is 4.94. The number of halogens is 1. The maximum atomic E-state index is 9.43. The van der Waals surface area contributed by atoms with Crippen LogP contribution in [0.25, 0.3) is 0 Å². The van der Waals surface area contributed by atoms with E-state index in [1.54, 1.807) is 26.1 Å². The van der Waals surface area contributed by atoms with Crippen LogP contribution in [0.1, 0.15) is 58.5 Å². The van der Waals surface area contributed by atoms with Gasteiger partial charge in [-0.05, 0) is 96.7 Å². The number of pyridine rings is 1. The van der Waals surface area contributed by atoms with E-state index in [9.17, 15) is 5.11 Å². The number of nitrogens with zero attached hydrogens (tertiary/aromatic N) is 3. The molecule has 7 heteroatoms. The molecule has 226 valence electrons. The number of rotatable bonds is 3. The van der Waals surface area contributed by atoms with Gasteiger partial charge in [-0.3, -0.25) is 4.98 Å². The Morgan fingerprint density at radius 1 is 0.651 bits per heavy atom. The van der Waals surface area contributed by atoms with E-state index < -0.39 is 5.60 Å². The molecule has 0 atom stereocenters. The third-order valence-electron chi connectivity index (χ3n) is 6.90. The average Bonchev–Trinajstić information content (AvgIpc) is 3.24. The number of hydrogen-bond acceptors (Lipinski definition) is 5. The topological polar surface area (TPSA) is 39.6 Å². The van der Waals surface area contributed by atoms with Crippen molar-refractivity contribution < 1.29 is 37.0 Å². The first-order valence-corrected chi connectivity index (χ1v) is 14.6. The molecular weight excluding hydrogens is 659 g/mol. The molecule has 43 heavy (non-hydrogen) atoms. The molecule has 0 saturated heterocycles. The minimum Gasteiger partial charge on any atom is -1.00 e. The van der Waals surface area contributed by atoms with Crippen LogP contribution in [-0.4, -0.2) is 15.6 Å². The summed E-state index contributed by atoms with van der Waals surface area (Å²) in [7, 11) is 0. The van der Waals surface area contributed by atoms with E-state index in [0.29, 0.717) is 5.69 Å². The zero-order valence-electron chi connectivity index (χ0n) is 26.7. The van der Waals surface area contributed by atoms with Crippen LogP contribution in [0, 0.1) is 48.5 Å². The van der Waals surface area contributed by atoms with Crippen molar-refractivity contribution in [3.05, 3.63) is 136 Å². The SMILES string of the molecule is CC(C)(O)c1ccccn1.Cc1cc(C)c(N2C=CN(c3c(C)cc(C)cc3C)C2S)c(C)c1.Cc1ccccc1.[Cl-].[Ru+6]. The third kappa shape index (κ3) is 10.5. The number of aliphatic hydroxyl groups is 1. The molecular formula is C36H45ClN3ORuS+5. The normalized spacial score (nSPS) is 12.3. The molecule has 1 aromatic heterocycles. The van der Waals surface area contributed by atoms with Crippen molar-refractivity contribution in [2.45, 2.75) is 73.4 Å². The molecule has 0 aliphatic carbocycles. The number of benzene rings is 3. The second-order valence-electron chi connectivity index (χ2n) is 11.4. The predicted octanol–water partition coefficient (Wildman–Crippen LogP) is 5.85. The Hall–Kier alpha value is -2.63. The molecule has 0 amide bonds. The second kappa shape index (κ2) is 17.0. The van der Waals surface area contributed by atoms with E-state index in [4.69, 9.17) is 12.6 Å². The van der Waals surface area contributed by atoms with Crippen molar-refractivity contribution in [3.63, 3.8) is 0 Å². The zero-order valence-corrected chi connectivity index (χ0v) is 30.1. The molecule has 4 nitrogen and oxygen atoms in total. The van der Waals surface area contributed by atoms with E-state index in [2.05, 4.69) is 112 Å². The molecule has 1 N–H and O–H groups in total. The van der Waals surface area contributed by atoms with Crippen molar-refractivity contribution >= 4 is 24.0 Å². The van der Waals surface area contributed by atoms with Gasteiger partial charge in [0, 0.05) is 30.0 Å². The van der Waals surface area contributed by atoms with Crippen LogP contribution in [0.5, 0.6) is 0 Å². The Morgan fingerprint density at radius 3 is 1.33 bits per heavy atom. The molecule has 1 aliphatic heterocycles. The Morgan fingerprint density at radius 2 is 1.05 bits per heavy atom. The monoisotopic (exact) mass is 704 g/mol. The van der Waals surface area contributed by atoms with Crippen LogP contribution in [-0.2, 0) is 25.1 Å². The van der Waals surface area contributed by atoms with Gasteiger partial charge in [0.1, 0.15) is 5.60 Å². The van der Waals surface area contributed by atoms with Gasteiger partial charge < -0.3 is 27.3 Å². The summed E-state index contributed by atoms with van der Waals surface area (Å²) in [4.78, 5) is 8.51. The van der Waals surface area contributed by atoms with E-state index in [0.717, 1.165) is 0 Å². The summed E-state index contributed by atoms with van der Waals surface area (Å²) in [5, 5.41) is 9.43. The largest absolute Gasteiger partial charge is 6.00 e. The first-order valence-electron chi connectivity index (χ1n) is 14.0. The van der Waals surface area contributed by atoms with Crippen LogP contribution < -0.4 is 22.2 Å². The molecule has 3 aromatic carbocycles. The Balaban J connectivity index is 0.000000401. The molecule has 0 radical (unpaired) electrons. The molecule has 2 heterocycles. The summed E-state index contributed by atoms with van der Waals surface area (Å²) < 4.78 is 0. The first-order chi connectivity index (χ1) is 19.3. The summed E-state index contributed by atoms with van der Waals surface area (Å²) in [5.74, 6) is 0. The van der Waals surface area contributed by atoms with Crippen LogP contribution in [0.15, 0.2) is 91.4 Å². The van der Waals surface area contributed by atoms with Gasteiger partial charge in [0.2, 0.25) is 0 Å². The first kappa shape index (κ1) is 38.4. The minimum absolute atomic E-state index is 0. The molecule has 0 spiro atoms. The van der Waals surface area contributed by atoms with Gasteiger partial charge in [-0.15, -0.1) is 12.6 Å². The van der Waals surface area contributed by atoms with Gasteiger partial charge in [0.25, 0.3) is 0 Å². The maximum Gasteiger partial charge on any atom is 6.00 e. The van der Waals surface area contributed by atoms with Crippen LogP contribution in [0.3, 0.4) is 0 Å². The van der Waals surface area contributed by atoms with E-state index in [1.807, 2.05) is 30.3 Å². The fourth-order valence-electron chi connectivity index (χ4n) is 5.23. The fraction of sp³-hybridized carbons (Fsp3) is 0.306. The van der Waals surface area contributed by atoms with Crippen molar-refractivity contribution in [3.8, 4) is 0 Å². The van der Waals surface area contributed by atoms with Crippen molar-refractivity contribution in [2.24, 2.45) is 0 Å². The average molecular weight is 704 g/mol. The molecule has 4 aromatic rings. The molecule has 5 rings (SSSR count). The molecule has 1 aliphatic rings. The Labute approximate surface area is 283 Å². The fourth-order valence-corrected chi connectivity index (χ4v) is 5.61. The van der Waals surface area contributed by atoms with Gasteiger partial charge in [-0.25, -0.2) is 0 Å². The van der Waals surface area contributed by atoms with Gasteiger partial charge in [-0.1, -0.05) is 77.4 Å². The van der Waals surface area contributed by atoms with E-state index in [-0.39, 0.29) is 37.4 Å². The van der Waals surface area contributed by atoms with E-state index >= 15 is 0 Å². The number of anilines is 2. The van der Waals surface area contributed by atoms with Gasteiger partial charge in [0.05, 0.1) is 5.69 Å². The van der Waals surface area contributed by atoms with Gasteiger partial charge in [0.15, 0.2) is 5.50 Å². The summed E-state index contributed by atoms with van der Waals surface area (Å²) in [5.41, 5.74) is 11.4. The number of thiol groups is 1. The number of aromatic nitrogens is 1. The zero-order chi connectivity index (χ0) is 30.3. The Kier molecular flexibility index (Phi) is 15.2. The van der Waals surface area contributed by atoms with Gasteiger partial charge >= 0.3 is 19.5 Å². The summed E-state index contributed by atoms with van der Waals surface area (Å²) in [6.07, 6.45) is 5.95. The molecule has 0 saturated carbocycles. The molecule has 0 unspecified atom stereocenters. The quantitative estimate of drug-likeness (QED) is 0.208. The van der Waals surface area contributed by atoms with Crippen LogP contribution in [0.2, 0.25) is 0 Å². The smallest absolute Gasteiger partial charge is 1.00 e. The standard InChI is InChI=1S/C21H26N2S.C8H11NO.C7H8.ClH.Ru/c1-13-9-15(3)19(16(4)10-13)22-7-8-23(21(22)24)20-17(5)11-14(2)12-18(20)6;1-8(2,10)7-5-3-4-6-9-7;1-7-5-3-2-4-6-7;;/h7-12,21,24H,1-6H3;3-6,10H,1-2H3;2-6H,1H3;1H;/q;;;;+6/p-1. The predicted molar refractivity (Wildman–Crippen MR) is 179 cm³/mol. The third-order valence-corrected chi connectivity index (χ3v) is 7.40. The molecule has 0 bridgehead atoms. The van der Waals surface area contributed by atoms with E-state index in [1.165, 1.54) is 50.3 Å². The summed E-state index contributed by atoms with van der Waals surface area (Å²) in [6.45, 7) is 18.5. The second-order valence-corrected chi connectivity index (χ2v) is 11.8. The number of hydrogen-bond donors (Lipinski definition) is 2. The van der Waals surface area contributed by atoms with Crippen LogP contribution >= 0.6 is 12.6 Å². The molecule has 0 fully saturated rings. The summed E-state index contributed by atoms with van der Waals surface area (Å²) in [6, 6.07) is 24.7. The Bertz CT molecular complexity index is 1360.